The Morgan fingerprint density at radius 1 is 1.29 bits per heavy atom. The first-order valence-electron chi connectivity index (χ1n) is 7.52. The summed E-state index contributed by atoms with van der Waals surface area (Å²) in [6.45, 7) is 1.96. The van der Waals surface area contributed by atoms with Gasteiger partial charge in [-0.1, -0.05) is 18.6 Å². The fraction of sp³-hybridized carbons (Fsp3) is 0.562. The van der Waals surface area contributed by atoms with Crippen LogP contribution in [0.3, 0.4) is 0 Å². The molecule has 3 rings (SSSR count). The van der Waals surface area contributed by atoms with Crippen LogP contribution in [0.25, 0.3) is 0 Å². The van der Waals surface area contributed by atoms with Gasteiger partial charge in [-0.15, -0.1) is 0 Å². The Morgan fingerprint density at radius 3 is 2.67 bits per heavy atom. The van der Waals surface area contributed by atoms with Crippen molar-refractivity contribution in [2.75, 3.05) is 0 Å². The second kappa shape index (κ2) is 5.43. The zero-order valence-electron chi connectivity index (χ0n) is 12.1. The molecule has 1 aromatic carbocycles. The molecule has 5 heteroatoms. The molecule has 0 heterocycles. The fourth-order valence-electron chi connectivity index (χ4n) is 4.10. The highest BCUT2D eigenvalue weighted by Crippen LogP contribution is 2.49. The second-order valence-electron chi connectivity index (χ2n) is 6.36. The van der Waals surface area contributed by atoms with Crippen molar-refractivity contribution in [3.8, 4) is 6.07 Å². The van der Waals surface area contributed by atoms with Crippen molar-refractivity contribution in [1.82, 2.24) is 4.72 Å². The summed E-state index contributed by atoms with van der Waals surface area (Å²) in [7, 11) is -3.63. The summed E-state index contributed by atoms with van der Waals surface area (Å²) in [5.74, 6) is 1.89. The molecule has 0 radical (unpaired) electrons. The SMILES string of the molecule is C[C@@H](NS(=O)(=O)c1ccccc1C#N)[C@H]1C[C@H]2CC[C@H]1C2. The van der Waals surface area contributed by atoms with Gasteiger partial charge in [-0.25, -0.2) is 13.1 Å². The van der Waals surface area contributed by atoms with Gasteiger partial charge in [0.25, 0.3) is 0 Å². The van der Waals surface area contributed by atoms with E-state index in [2.05, 4.69) is 4.72 Å². The third-order valence-electron chi connectivity index (χ3n) is 5.07. The highest BCUT2D eigenvalue weighted by Gasteiger charge is 2.42. The van der Waals surface area contributed by atoms with Gasteiger partial charge < -0.3 is 0 Å². The Kier molecular flexibility index (Phi) is 3.76. The van der Waals surface area contributed by atoms with Crippen LogP contribution in [0, 0.1) is 29.1 Å². The Balaban J connectivity index is 1.79. The largest absolute Gasteiger partial charge is 0.242 e. The number of sulfonamides is 1. The maximum Gasteiger partial charge on any atom is 0.242 e. The molecule has 0 unspecified atom stereocenters. The van der Waals surface area contributed by atoms with Gasteiger partial charge in [0.2, 0.25) is 10.0 Å². The molecule has 4 atom stereocenters. The van der Waals surface area contributed by atoms with Gasteiger partial charge in [0.05, 0.1) is 10.5 Å². The van der Waals surface area contributed by atoms with E-state index in [-0.39, 0.29) is 16.5 Å². The molecule has 0 saturated heterocycles. The van der Waals surface area contributed by atoms with Crippen LogP contribution in [0.15, 0.2) is 29.2 Å². The van der Waals surface area contributed by atoms with Crippen molar-refractivity contribution in [3.63, 3.8) is 0 Å². The number of nitrogens with one attached hydrogen (secondary N) is 1. The van der Waals surface area contributed by atoms with E-state index in [9.17, 15) is 8.42 Å². The monoisotopic (exact) mass is 304 g/mol. The van der Waals surface area contributed by atoms with Crippen molar-refractivity contribution in [1.29, 1.82) is 5.26 Å². The van der Waals surface area contributed by atoms with Crippen LogP contribution in [0.1, 0.15) is 38.2 Å². The summed E-state index contributed by atoms with van der Waals surface area (Å²) in [4.78, 5) is 0.0857. The van der Waals surface area contributed by atoms with Crippen LogP contribution in [0.4, 0.5) is 0 Å². The molecular weight excluding hydrogens is 284 g/mol. The average molecular weight is 304 g/mol. The van der Waals surface area contributed by atoms with Crippen LogP contribution in [0.5, 0.6) is 0 Å². The van der Waals surface area contributed by atoms with Gasteiger partial charge >= 0.3 is 0 Å². The summed E-state index contributed by atoms with van der Waals surface area (Å²) in [5.41, 5.74) is 0.199. The molecule has 2 fully saturated rings. The molecule has 1 aromatic rings. The Morgan fingerprint density at radius 2 is 2.05 bits per heavy atom. The summed E-state index contributed by atoms with van der Waals surface area (Å²) >= 11 is 0. The van der Waals surface area contributed by atoms with Gasteiger partial charge in [0.15, 0.2) is 0 Å². The summed E-state index contributed by atoms with van der Waals surface area (Å²) < 4.78 is 27.8. The minimum Gasteiger partial charge on any atom is -0.208 e. The lowest BCUT2D eigenvalue weighted by molar-refractivity contribution is 0.280. The quantitative estimate of drug-likeness (QED) is 0.929. The third kappa shape index (κ3) is 2.70. The van der Waals surface area contributed by atoms with Crippen LogP contribution >= 0.6 is 0 Å². The second-order valence-corrected chi connectivity index (χ2v) is 8.04. The minimum atomic E-state index is -3.63. The molecule has 21 heavy (non-hydrogen) atoms. The van der Waals surface area contributed by atoms with E-state index in [1.54, 1.807) is 12.1 Å². The van der Waals surface area contributed by atoms with E-state index < -0.39 is 10.0 Å². The smallest absolute Gasteiger partial charge is 0.208 e. The van der Waals surface area contributed by atoms with E-state index in [1.807, 2.05) is 13.0 Å². The van der Waals surface area contributed by atoms with Gasteiger partial charge in [0, 0.05) is 6.04 Å². The Hall–Kier alpha value is -1.38. The molecule has 0 aromatic heterocycles. The highest BCUT2D eigenvalue weighted by molar-refractivity contribution is 7.89. The maximum absolute atomic E-state index is 12.5. The topological polar surface area (TPSA) is 70.0 Å². The molecule has 2 aliphatic rings. The zero-order chi connectivity index (χ0) is 15.0. The van der Waals surface area contributed by atoms with E-state index in [4.69, 9.17) is 5.26 Å². The fourth-order valence-corrected chi connectivity index (χ4v) is 5.55. The van der Waals surface area contributed by atoms with Crippen LogP contribution < -0.4 is 4.72 Å². The third-order valence-corrected chi connectivity index (χ3v) is 6.69. The number of hydrogen-bond acceptors (Lipinski definition) is 3. The van der Waals surface area contributed by atoms with E-state index in [0.29, 0.717) is 11.8 Å². The lowest BCUT2D eigenvalue weighted by Gasteiger charge is -2.28. The predicted octanol–water partition coefficient (Wildman–Crippen LogP) is 2.66. The van der Waals surface area contributed by atoms with E-state index in [0.717, 1.165) is 12.3 Å². The predicted molar refractivity (Wildman–Crippen MR) is 79.9 cm³/mol. The number of nitriles is 1. The summed E-state index contributed by atoms with van der Waals surface area (Å²) in [6.07, 6.45) is 4.92. The first-order chi connectivity index (χ1) is 10.0. The number of fused-ring (bicyclic) bond motifs is 2. The number of hydrogen-bond donors (Lipinski definition) is 1. The van der Waals surface area contributed by atoms with E-state index in [1.165, 1.54) is 31.4 Å². The molecule has 2 bridgehead atoms. The Bertz CT molecular complexity index is 678. The normalized spacial score (nSPS) is 29.2. The first kappa shape index (κ1) is 14.6. The van der Waals surface area contributed by atoms with Crippen LogP contribution in [-0.2, 0) is 10.0 Å². The standard InChI is InChI=1S/C16H20N2O2S/c1-11(15-9-12-6-7-13(15)8-12)18-21(19,20)16-5-3-2-4-14(16)10-17/h2-5,11-13,15,18H,6-9H2,1H3/t11-,12+,13+,15-/m1/s1. The maximum atomic E-state index is 12.5. The molecule has 0 amide bonds. The zero-order valence-corrected chi connectivity index (χ0v) is 12.9. The van der Waals surface area contributed by atoms with E-state index >= 15 is 0 Å². The molecule has 112 valence electrons. The van der Waals surface area contributed by atoms with Gasteiger partial charge in [-0.05, 0) is 56.1 Å². The van der Waals surface area contributed by atoms with Crippen molar-refractivity contribution >= 4 is 10.0 Å². The Labute approximate surface area is 126 Å². The van der Waals surface area contributed by atoms with Gasteiger partial charge in [-0.2, -0.15) is 5.26 Å². The number of rotatable bonds is 4. The summed E-state index contributed by atoms with van der Waals surface area (Å²) in [6, 6.07) is 8.24. The molecule has 0 aliphatic heterocycles. The highest BCUT2D eigenvalue weighted by atomic mass is 32.2. The van der Waals surface area contributed by atoms with Gasteiger partial charge in [-0.3, -0.25) is 0 Å². The first-order valence-corrected chi connectivity index (χ1v) is 9.01. The molecule has 4 nitrogen and oxygen atoms in total. The lowest BCUT2D eigenvalue weighted by atomic mass is 9.84. The lowest BCUT2D eigenvalue weighted by Crippen LogP contribution is -2.40. The molecule has 1 N–H and O–H groups in total. The number of nitrogens with zero attached hydrogens (tertiary/aromatic N) is 1. The molecule has 2 aliphatic carbocycles. The van der Waals surface area contributed by atoms with Crippen LogP contribution in [0.2, 0.25) is 0 Å². The van der Waals surface area contributed by atoms with Crippen LogP contribution in [-0.4, -0.2) is 14.5 Å². The van der Waals surface area contributed by atoms with Crippen molar-refractivity contribution in [2.45, 2.75) is 43.5 Å². The minimum absolute atomic E-state index is 0.0722. The van der Waals surface area contributed by atoms with Crippen molar-refractivity contribution in [3.05, 3.63) is 29.8 Å². The average Bonchev–Trinajstić information content (AvgIpc) is 3.09. The van der Waals surface area contributed by atoms with Crippen molar-refractivity contribution < 1.29 is 8.42 Å². The number of benzene rings is 1. The van der Waals surface area contributed by atoms with Crippen molar-refractivity contribution in [2.24, 2.45) is 17.8 Å². The molecule has 0 spiro atoms. The molecular formula is C16H20N2O2S. The molecule has 2 saturated carbocycles. The summed E-state index contributed by atoms with van der Waals surface area (Å²) in [5, 5.41) is 9.07. The van der Waals surface area contributed by atoms with Gasteiger partial charge in [0.1, 0.15) is 6.07 Å².